The van der Waals surface area contributed by atoms with Crippen LogP contribution in [0.15, 0.2) is 34.7 Å². The summed E-state index contributed by atoms with van der Waals surface area (Å²) in [6.45, 7) is 3.79. The minimum atomic E-state index is -0.0590. The molecular weight excluding hydrogens is 321 g/mol. The highest BCUT2D eigenvalue weighted by Gasteiger charge is 2.24. The first-order valence-electron chi connectivity index (χ1n) is 7.39. The maximum atomic E-state index is 12.5. The van der Waals surface area contributed by atoms with Gasteiger partial charge in [0.1, 0.15) is 5.76 Å². The smallest absolute Gasteiger partial charge is 0.289 e. The third-order valence-electron chi connectivity index (χ3n) is 4.08. The van der Waals surface area contributed by atoms with Gasteiger partial charge in [0.15, 0.2) is 5.76 Å². The lowest BCUT2D eigenvalue weighted by Gasteiger charge is -2.29. The maximum absolute atomic E-state index is 12.5. The third-order valence-corrected chi connectivity index (χ3v) is 4.65. The van der Waals surface area contributed by atoms with Crippen molar-refractivity contribution in [2.45, 2.75) is 19.8 Å². The number of rotatable bonds is 2. The van der Waals surface area contributed by atoms with Crippen LogP contribution in [-0.2, 0) is 0 Å². The van der Waals surface area contributed by atoms with Crippen molar-refractivity contribution in [1.29, 1.82) is 0 Å². The fraction of sp³-hybridized carbons (Fsp3) is 0.353. The van der Waals surface area contributed by atoms with Gasteiger partial charge in [-0.25, -0.2) is 0 Å². The minimum Gasteiger partial charge on any atom is -0.451 e. The van der Waals surface area contributed by atoms with Gasteiger partial charge in [-0.3, -0.25) is 4.79 Å². The lowest BCUT2D eigenvalue weighted by molar-refractivity contribution is 0.0666. The first-order chi connectivity index (χ1) is 10.5. The van der Waals surface area contributed by atoms with Crippen molar-refractivity contribution in [2.75, 3.05) is 13.1 Å². The van der Waals surface area contributed by atoms with Crippen LogP contribution in [0.3, 0.4) is 0 Å². The largest absolute Gasteiger partial charge is 0.451 e. The lowest BCUT2D eigenvalue weighted by Crippen LogP contribution is -2.37. The number of halogens is 2. The monoisotopic (exact) mass is 337 g/mol. The molecule has 1 fully saturated rings. The van der Waals surface area contributed by atoms with E-state index in [2.05, 4.69) is 6.92 Å². The zero-order valence-electron chi connectivity index (χ0n) is 12.3. The molecular formula is C17H17Cl2NO2. The van der Waals surface area contributed by atoms with Gasteiger partial charge < -0.3 is 9.32 Å². The summed E-state index contributed by atoms with van der Waals surface area (Å²) in [4.78, 5) is 14.3. The number of hydrogen-bond donors (Lipinski definition) is 0. The topological polar surface area (TPSA) is 33.5 Å². The Morgan fingerprint density at radius 3 is 2.64 bits per heavy atom. The Balaban J connectivity index is 1.81. The number of likely N-dealkylation sites (tertiary alicyclic amines) is 1. The Labute approximate surface area is 139 Å². The molecule has 22 heavy (non-hydrogen) atoms. The molecule has 1 aromatic carbocycles. The molecule has 1 amide bonds. The van der Waals surface area contributed by atoms with Gasteiger partial charge in [0.05, 0.1) is 5.02 Å². The number of benzene rings is 1. The Morgan fingerprint density at radius 1 is 1.18 bits per heavy atom. The number of amides is 1. The van der Waals surface area contributed by atoms with Crippen molar-refractivity contribution in [3.63, 3.8) is 0 Å². The molecule has 3 nitrogen and oxygen atoms in total. The number of nitrogens with zero attached hydrogens (tertiary/aromatic N) is 1. The Bertz CT molecular complexity index is 688. The van der Waals surface area contributed by atoms with E-state index in [1.807, 2.05) is 4.90 Å². The molecule has 1 saturated heterocycles. The van der Waals surface area contributed by atoms with E-state index in [4.69, 9.17) is 27.6 Å². The van der Waals surface area contributed by atoms with Crippen molar-refractivity contribution < 1.29 is 9.21 Å². The second-order valence-electron chi connectivity index (χ2n) is 5.76. The van der Waals surface area contributed by atoms with Gasteiger partial charge in [-0.2, -0.15) is 0 Å². The van der Waals surface area contributed by atoms with E-state index >= 15 is 0 Å². The van der Waals surface area contributed by atoms with Crippen LogP contribution in [-0.4, -0.2) is 23.9 Å². The zero-order chi connectivity index (χ0) is 15.7. The number of carbonyl (C=O) groups excluding carboxylic acids is 1. The molecule has 3 rings (SSSR count). The lowest BCUT2D eigenvalue weighted by atomic mass is 9.99. The van der Waals surface area contributed by atoms with E-state index in [1.165, 1.54) is 0 Å². The highest BCUT2D eigenvalue weighted by atomic mass is 35.5. The summed E-state index contributed by atoms with van der Waals surface area (Å²) in [5.74, 6) is 1.53. The van der Waals surface area contributed by atoms with Crippen LogP contribution in [0.4, 0.5) is 0 Å². The molecule has 0 N–H and O–H groups in total. The van der Waals surface area contributed by atoms with Crippen LogP contribution in [0.1, 0.15) is 30.3 Å². The highest BCUT2D eigenvalue weighted by molar-refractivity contribution is 6.35. The molecule has 0 bridgehead atoms. The molecule has 2 aromatic rings. The van der Waals surface area contributed by atoms with Crippen LogP contribution >= 0.6 is 23.2 Å². The summed E-state index contributed by atoms with van der Waals surface area (Å²) >= 11 is 12.2. The van der Waals surface area contributed by atoms with Gasteiger partial charge in [-0.15, -0.1) is 0 Å². The summed E-state index contributed by atoms with van der Waals surface area (Å²) in [6.07, 6.45) is 2.08. The number of piperidine rings is 1. The van der Waals surface area contributed by atoms with E-state index in [1.54, 1.807) is 30.3 Å². The minimum absolute atomic E-state index is 0.0590. The molecule has 2 heterocycles. The molecule has 1 aliphatic heterocycles. The first kappa shape index (κ1) is 15.4. The van der Waals surface area contributed by atoms with Gasteiger partial charge in [0, 0.05) is 23.7 Å². The first-order valence-corrected chi connectivity index (χ1v) is 8.14. The second-order valence-corrected chi connectivity index (χ2v) is 6.61. The van der Waals surface area contributed by atoms with Crippen LogP contribution in [0.25, 0.3) is 11.3 Å². The summed E-state index contributed by atoms with van der Waals surface area (Å²) in [6, 6.07) is 8.64. The molecule has 0 saturated carbocycles. The van der Waals surface area contributed by atoms with Crippen molar-refractivity contribution in [1.82, 2.24) is 4.90 Å². The Morgan fingerprint density at radius 2 is 1.91 bits per heavy atom. The average Bonchev–Trinajstić information content (AvgIpc) is 2.99. The van der Waals surface area contributed by atoms with Crippen molar-refractivity contribution in [2.24, 2.45) is 5.92 Å². The molecule has 1 aromatic heterocycles. The third kappa shape index (κ3) is 3.16. The van der Waals surface area contributed by atoms with Crippen molar-refractivity contribution in [3.05, 3.63) is 46.1 Å². The average molecular weight is 338 g/mol. The normalized spacial score (nSPS) is 16.0. The Kier molecular flexibility index (Phi) is 4.46. The van der Waals surface area contributed by atoms with Gasteiger partial charge in [0.25, 0.3) is 5.91 Å². The molecule has 116 valence electrons. The quantitative estimate of drug-likeness (QED) is 0.761. The van der Waals surface area contributed by atoms with Crippen LogP contribution in [0.2, 0.25) is 10.0 Å². The summed E-state index contributed by atoms with van der Waals surface area (Å²) < 4.78 is 5.71. The van der Waals surface area contributed by atoms with Crippen LogP contribution in [0, 0.1) is 5.92 Å². The van der Waals surface area contributed by atoms with Gasteiger partial charge in [-0.05, 0) is 49.1 Å². The van der Waals surface area contributed by atoms with Gasteiger partial charge in [-0.1, -0.05) is 30.1 Å². The van der Waals surface area contributed by atoms with E-state index in [-0.39, 0.29) is 5.91 Å². The fourth-order valence-electron chi connectivity index (χ4n) is 2.65. The van der Waals surface area contributed by atoms with Crippen LogP contribution in [0.5, 0.6) is 0 Å². The van der Waals surface area contributed by atoms with E-state index in [0.29, 0.717) is 33.0 Å². The van der Waals surface area contributed by atoms with Gasteiger partial charge in [0.2, 0.25) is 0 Å². The summed E-state index contributed by atoms with van der Waals surface area (Å²) in [7, 11) is 0. The van der Waals surface area contributed by atoms with E-state index < -0.39 is 0 Å². The Hall–Kier alpha value is -1.45. The summed E-state index contributed by atoms with van der Waals surface area (Å²) in [5.41, 5.74) is 0.695. The molecule has 0 unspecified atom stereocenters. The van der Waals surface area contributed by atoms with E-state index in [9.17, 15) is 4.79 Å². The molecule has 5 heteroatoms. The van der Waals surface area contributed by atoms with Crippen molar-refractivity contribution in [3.8, 4) is 11.3 Å². The SMILES string of the molecule is CC1CCN(C(=O)c2ccc(-c3cc(Cl)ccc3Cl)o2)CC1. The van der Waals surface area contributed by atoms with Crippen molar-refractivity contribution >= 4 is 29.1 Å². The molecule has 0 spiro atoms. The summed E-state index contributed by atoms with van der Waals surface area (Å²) in [5, 5.41) is 1.12. The molecule has 0 aliphatic carbocycles. The van der Waals surface area contributed by atoms with E-state index in [0.717, 1.165) is 25.9 Å². The predicted octanol–water partition coefficient (Wildman–Crippen LogP) is 5.13. The van der Waals surface area contributed by atoms with Crippen LogP contribution < -0.4 is 0 Å². The molecule has 0 atom stereocenters. The number of furan rings is 1. The molecule has 0 radical (unpaired) electrons. The number of hydrogen-bond acceptors (Lipinski definition) is 2. The zero-order valence-corrected chi connectivity index (χ0v) is 13.8. The standard InChI is InChI=1S/C17H17Cl2NO2/c1-11-6-8-20(9-7-11)17(21)16-5-4-15(22-16)13-10-12(18)2-3-14(13)19/h2-5,10-11H,6-9H2,1H3. The fourth-order valence-corrected chi connectivity index (χ4v) is 3.03. The predicted molar refractivity (Wildman–Crippen MR) is 88.5 cm³/mol. The van der Waals surface area contributed by atoms with Gasteiger partial charge >= 0.3 is 0 Å². The second kappa shape index (κ2) is 6.35. The molecule has 1 aliphatic rings. The number of carbonyl (C=O) groups is 1. The maximum Gasteiger partial charge on any atom is 0.289 e. The highest BCUT2D eigenvalue weighted by Crippen LogP contribution is 2.32.